The molecular weight excluding hydrogens is 403 g/mol. The van der Waals surface area contributed by atoms with E-state index in [-0.39, 0.29) is 5.56 Å². The van der Waals surface area contributed by atoms with Gasteiger partial charge in [0.05, 0.1) is 5.69 Å². The van der Waals surface area contributed by atoms with Gasteiger partial charge in [-0.15, -0.1) is 0 Å². The van der Waals surface area contributed by atoms with E-state index in [1.54, 1.807) is 6.07 Å². The highest BCUT2D eigenvalue weighted by atomic mass is 79.9. The second-order valence-electron chi connectivity index (χ2n) is 4.63. The first-order valence-corrected chi connectivity index (χ1v) is 7.75. The van der Waals surface area contributed by atoms with Crippen LogP contribution in [0.25, 0.3) is 0 Å². The minimum absolute atomic E-state index is 0.161. The summed E-state index contributed by atoms with van der Waals surface area (Å²) in [6, 6.07) is 8.16. The number of benzene rings is 2. The highest BCUT2D eigenvalue weighted by Crippen LogP contribution is 2.32. The van der Waals surface area contributed by atoms with Gasteiger partial charge in [0.1, 0.15) is 5.82 Å². The summed E-state index contributed by atoms with van der Waals surface area (Å²) in [4.78, 5) is 11.0. The summed E-state index contributed by atoms with van der Waals surface area (Å²) in [5, 5.41) is 3.16. The number of amides is 1. The van der Waals surface area contributed by atoms with Crippen molar-refractivity contribution in [3.05, 3.63) is 61.8 Å². The fourth-order valence-corrected chi connectivity index (χ4v) is 3.59. The van der Waals surface area contributed by atoms with Crippen LogP contribution in [0.3, 0.4) is 0 Å². The molecule has 0 aliphatic rings. The highest BCUT2D eigenvalue weighted by molar-refractivity contribution is 9.11. The number of carbonyl (C=O) groups is 1. The lowest BCUT2D eigenvalue weighted by atomic mass is 10.1. The first kappa shape index (κ1) is 16.0. The molecule has 0 spiro atoms. The lowest BCUT2D eigenvalue weighted by molar-refractivity contribution is 0.1000. The third-order valence-corrected chi connectivity index (χ3v) is 4.23. The third-order valence-electron chi connectivity index (χ3n) is 2.98. The van der Waals surface area contributed by atoms with Crippen LogP contribution in [0.15, 0.2) is 39.3 Å². The van der Waals surface area contributed by atoms with Crippen LogP contribution < -0.4 is 11.1 Å². The van der Waals surface area contributed by atoms with Crippen molar-refractivity contribution >= 4 is 43.5 Å². The SMILES string of the molecule is Cc1cc(Br)c(NCc2ccc(C(N)=O)cc2F)c(Br)c1. The summed E-state index contributed by atoms with van der Waals surface area (Å²) < 4.78 is 15.7. The molecule has 0 bridgehead atoms. The van der Waals surface area contributed by atoms with Crippen LogP contribution in [0.4, 0.5) is 10.1 Å². The molecule has 0 aliphatic heterocycles. The van der Waals surface area contributed by atoms with E-state index < -0.39 is 11.7 Å². The van der Waals surface area contributed by atoms with Gasteiger partial charge in [0.15, 0.2) is 0 Å². The summed E-state index contributed by atoms with van der Waals surface area (Å²) in [7, 11) is 0. The number of rotatable bonds is 4. The van der Waals surface area contributed by atoms with Gasteiger partial charge in [-0.3, -0.25) is 4.79 Å². The molecule has 2 aromatic carbocycles. The van der Waals surface area contributed by atoms with Crippen LogP contribution >= 0.6 is 31.9 Å². The number of nitrogens with one attached hydrogen (secondary N) is 1. The number of anilines is 1. The largest absolute Gasteiger partial charge is 0.379 e. The number of hydrogen-bond donors (Lipinski definition) is 2. The molecule has 21 heavy (non-hydrogen) atoms. The molecule has 0 saturated heterocycles. The van der Waals surface area contributed by atoms with Gasteiger partial charge < -0.3 is 11.1 Å². The lowest BCUT2D eigenvalue weighted by Crippen LogP contribution is -2.12. The molecule has 0 fully saturated rings. The van der Waals surface area contributed by atoms with Crippen LogP contribution in [0.1, 0.15) is 21.5 Å². The molecule has 0 atom stereocenters. The van der Waals surface area contributed by atoms with Crippen LogP contribution in [-0.4, -0.2) is 5.91 Å². The zero-order valence-corrected chi connectivity index (χ0v) is 14.4. The Hall–Kier alpha value is -1.40. The quantitative estimate of drug-likeness (QED) is 0.778. The van der Waals surface area contributed by atoms with Crippen molar-refractivity contribution in [3.63, 3.8) is 0 Å². The van der Waals surface area contributed by atoms with E-state index in [1.807, 2.05) is 19.1 Å². The smallest absolute Gasteiger partial charge is 0.248 e. The number of aryl methyl sites for hydroxylation is 1. The number of nitrogens with two attached hydrogens (primary N) is 1. The molecule has 0 saturated carbocycles. The van der Waals surface area contributed by atoms with E-state index in [4.69, 9.17) is 5.73 Å². The van der Waals surface area contributed by atoms with Crippen LogP contribution in [-0.2, 0) is 6.54 Å². The van der Waals surface area contributed by atoms with Gasteiger partial charge in [-0.25, -0.2) is 4.39 Å². The van der Waals surface area contributed by atoms with E-state index in [1.165, 1.54) is 6.07 Å². The second-order valence-corrected chi connectivity index (χ2v) is 6.34. The van der Waals surface area contributed by atoms with Gasteiger partial charge in [0.25, 0.3) is 0 Å². The molecule has 0 unspecified atom stereocenters. The van der Waals surface area contributed by atoms with E-state index in [2.05, 4.69) is 37.2 Å². The first-order chi connectivity index (χ1) is 9.88. The highest BCUT2D eigenvalue weighted by Gasteiger charge is 2.09. The van der Waals surface area contributed by atoms with Crippen molar-refractivity contribution in [2.45, 2.75) is 13.5 Å². The van der Waals surface area contributed by atoms with Crippen molar-refractivity contribution in [2.75, 3.05) is 5.32 Å². The normalized spacial score (nSPS) is 10.5. The molecule has 6 heteroatoms. The summed E-state index contributed by atoms with van der Waals surface area (Å²) >= 11 is 6.95. The van der Waals surface area contributed by atoms with Gasteiger partial charge in [0, 0.05) is 26.6 Å². The zero-order chi connectivity index (χ0) is 15.6. The van der Waals surface area contributed by atoms with E-state index in [0.29, 0.717) is 12.1 Å². The number of halogens is 3. The maximum absolute atomic E-state index is 13.9. The fourth-order valence-electron chi connectivity index (χ4n) is 1.90. The number of carbonyl (C=O) groups excluding carboxylic acids is 1. The zero-order valence-electron chi connectivity index (χ0n) is 11.2. The average Bonchev–Trinajstić information content (AvgIpc) is 2.38. The molecule has 2 rings (SSSR count). The van der Waals surface area contributed by atoms with Crippen LogP contribution in [0.5, 0.6) is 0 Å². The number of hydrogen-bond acceptors (Lipinski definition) is 2. The average molecular weight is 416 g/mol. The molecule has 0 aliphatic carbocycles. The third kappa shape index (κ3) is 3.83. The summed E-state index contributed by atoms with van der Waals surface area (Å²) in [5.74, 6) is -1.10. The predicted octanol–water partition coefficient (Wildman–Crippen LogP) is 4.37. The minimum atomic E-state index is -0.641. The van der Waals surface area contributed by atoms with Gasteiger partial charge in [-0.05, 0) is 68.6 Å². The molecule has 2 aromatic rings. The molecule has 3 N–H and O–H groups in total. The van der Waals surface area contributed by atoms with Crippen molar-refractivity contribution < 1.29 is 9.18 Å². The van der Waals surface area contributed by atoms with Crippen molar-refractivity contribution in [3.8, 4) is 0 Å². The Kier molecular flexibility index (Phi) is 5.00. The molecular formula is C15H13Br2FN2O. The molecule has 0 radical (unpaired) electrons. The van der Waals surface area contributed by atoms with Gasteiger partial charge in [0.2, 0.25) is 5.91 Å². The lowest BCUT2D eigenvalue weighted by Gasteiger charge is -2.12. The Labute approximate surface area is 139 Å². The van der Waals surface area contributed by atoms with Crippen molar-refractivity contribution in [1.29, 1.82) is 0 Å². The van der Waals surface area contributed by atoms with Crippen molar-refractivity contribution in [2.24, 2.45) is 5.73 Å². The Morgan fingerprint density at radius 2 is 1.86 bits per heavy atom. The number of primary amides is 1. The van der Waals surface area contributed by atoms with Gasteiger partial charge >= 0.3 is 0 Å². The monoisotopic (exact) mass is 414 g/mol. The summed E-state index contributed by atoms with van der Waals surface area (Å²) in [5.41, 5.74) is 7.69. The fraction of sp³-hybridized carbons (Fsp3) is 0.133. The first-order valence-electron chi connectivity index (χ1n) is 6.16. The summed E-state index contributed by atoms with van der Waals surface area (Å²) in [6.07, 6.45) is 0. The molecule has 1 amide bonds. The molecule has 0 aromatic heterocycles. The van der Waals surface area contributed by atoms with Crippen LogP contribution in [0.2, 0.25) is 0 Å². The topological polar surface area (TPSA) is 55.1 Å². The summed E-state index contributed by atoms with van der Waals surface area (Å²) in [6.45, 7) is 2.28. The Balaban J connectivity index is 2.19. The minimum Gasteiger partial charge on any atom is -0.379 e. The predicted molar refractivity (Wildman–Crippen MR) is 88.8 cm³/mol. The standard InChI is InChI=1S/C15H13Br2FN2O/c1-8-4-11(16)14(12(17)5-8)20-7-10-3-2-9(15(19)21)6-13(10)18/h2-6,20H,7H2,1H3,(H2,19,21). The Morgan fingerprint density at radius 3 is 2.38 bits per heavy atom. The molecule has 0 heterocycles. The maximum Gasteiger partial charge on any atom is 0.248 e. The van der Waals surface area contributed by atoms with Gasteiger partial charge in [-0.1, -0.05) is 6.07 Å². The second kappa shape index (κ2) is 6.58. The van der Waals surface area contributed by atoms with Crippen molar-refractivity contribution in [1.82, 2.24) is 0 Å². The van der Waals surface area contributed by atoms with E-state index >= 15 is 0 Å². The maximum atomic E-state index is 13.9. The molecule has 110 valence electrons. The van der Waals surface area contributed by atoms with E-state index in [0.717, 1.165) is 26.3 Å². The Morgan fingerprint density at radius 1 is 1.24 bits per heavy atom. The van der Waals surface area contributed by atoms with E-state index in [9.17, 15) is 9.18 Å². The Bertz CT molecular complexity index is 681. The van der Waals surface area contributed by atoms with Crippen LogP contribution in [0, 0.1) is 12.7 Å². The molecule has 3 nitrogen and oxygen atoms in total. The van der Waals surface area contributed by atoms with Gasteiger partial charge in [-0.2, -0.15) is 0 Å².